The highest BCUT2D eigenvalue weighted by molar-refractivity contribution is 5.73. The molecule has 0 aliphatic heterocycles. The average molecular weight is 196 g/mol. The number of carboxylic acids is 1. The molecule has 2 aliphatic rings. The van der Waals surface area contributed by atoms with Crippen LogP contribution >= 0.6 is 0 Å². The molecule has 14 heavy (non-hydrogen) atoms. The molecular formula is C12H20O2. The summed E-state index contributed by atoms with van der Waals surface area (Å²) in [6.45, 7) is 2.27. The van der Waals surface area contributed by atoms with E-state index >= 15 is 0 Å². The Morgan fingerprint density at radius 3 is 2.36 bits per heavy atom. The molecule has 0 aromatic heterocycles. The zero-order valence-electron chi connectivity index (χ0n) is 8.91. The van der Waals surface area contributed by atoms with Gasteiger partial charge in [0.15, 0.2) is 0 Å². The predicted molar refractivity (Wildman–Crippen MR) is 55.0 cm³/mol. The molecule has 0 saturated heterocycles. The first-order chi connectivity index (χ1) is 6.72. The van der Waals surface area contributed by atoms with Gasteiger partial charge in [0.1, 0.15) is 0 Å². The molecule has 0 aromatic carbocycles. The fraction of sp³-hybridized carbons (Fsp3) is 0.917. The van der Waals surface area contributed by atoms with Gasteiger partial charge in [-0.1, -0.05) is 26.2 Å². The Balaban J connectivity index is 1.77. The van der Waals surface area contributed by atoms with Gasteiger partial charge in [-0.2, -0.15) is 0 Å². The SMILES string of the molecule is CCC1CCC([C@@H]2C[C@H]2C(=O)O)CC1. The fourth-order valence-corrected chi connectivity index (χ4v) is 3.04. The number of aliphatic carboxylic acids is 1. The summed E-state index contributed by atoms with van der Waals surface area (Å²) in [5.74, 6) is 1.64. The molecule has 2 heteroatoms. The highest BCUT2D eigenvalue weighted by Gasteiger charge is 2.47. The molecule has 0 radical (unpaired) electrons. The number of hydrogen-bond donors (Lipinski definition) is 1. The van der Waals surface area contributed by atoms with Crippen LogP contribution in [-0.4, -0.2) is 11.1 Å². The van der Waals surface area contributed by atoms with E-state index in [0.717, 1.165) is 18.3 Å². The van der Waals surface area contributed by atoms with Crippen LogP contribution in [0.3, 0.4) is 0 Å². The van der Waals surface area contributed by atoms with Crippen molar-refractivity contribution in [1.82, 2.24) is 0 Å². The summed E-state index contributed by atoms with van der Waals surface area (Å²) in [5, 5.41) is 8.85. The van der Waals surface area contributed by atoms with E-state index < -0.39 is 5.97 Å². The largest absolute Gasteiger partial charge is 0.481 e. The summed E-state index contributed by atoms with van der Waals surface area (Å²) in [5.41, 5.74) is 0. The average Bonchev–Trinajstić information content (AvgIpc) is 2.97. The van der Waals surface area contributed by atoms with E-state index in [0.29, 0.717) is 5.92 Å². The first-order valence-corrected chi connectivity index (χ1v) is 5.95. The van der Waals surface area contributed by atoms with Crippen molar-refractivity contribution in [3.8, 4) is 0 Å². The molecule has 2 saturated carbocycles. The van der Waals surface area contributed by atoms with Crippen LogP contribution in [0.15, 0.2) is 0 Å². The number of rotatable bonds is 3. The summed E-state index contributed by atoms with van der Waals surface area (Å²) < 4.78 is 0. The second kappa shape index (κ2) is 3.92. The molecule has 0 unspecified atom stereocenters. The third kappa shape index (κ3) is 1.94. The Morgan fingerprint density at radius 2 is 1.93 bits per heavy atom. The second-order valence-corrected chi connectivity index (χ2v) is 5.03. The van der Waals surface area contributed by atoms with Crippen LogP contribution in [0, 0.1) is 23.7 Å². The van der Waals surface area contributed by atoms with Gasteiger partial charge in [0.2, 0.25) is 0 Å². The zero-order valence-corrected chi connectivity index (χ0v) is 8.91. The van der Waals surface area contributed by atoms with Gasteiger partial charge in [-0.05, 0) is 37.0 Å². The van der Waals surface area contributed by atoms with Crippen LogP contribution in [0.25, 0.3) is 0 Å². The van der Waals surface area contributed by atoms with Crippen molar-refractivity contribution in [3.63, 3.8) is 0 Å². The van der Waals surface area contributed by atoms with E-state index in [2.05, 4.69) is 6.92 Å². The third-order valence-corrected chi connectivity index (χ3v) is 4.23. The van der Waals surface area contributed by atoms with E-state index in [1.807, 2.05) is 0 Å². The second-order valence-electron chi connectivity index (χ2n) is 5.03. The van der Waals surface area contributed by atoms with Gasteiger partial charge in [0, 0.05) is 0 Å². The van der Waals surface area contributed by atoms with Crippen LogP contribution in [0.5, 0.6) is 0 Å². The van der Waals surface area contributed by atoms with Crippen molar-refractivity contribution in [2.75, 3.05) is 0 Å². The van der Waals surface area contributed by atoms with Crippen LogP contribution in [0.4, 0.5) is 0 Å². The van der Waals surface area contributed by atoms with Gasteiger partial charge in [0.05, 0.1) is 5.92 Å². The fourth-order valence-electron chi connectivity index (χ4n) is 3.04. The van der Waals surface area contributed by atoms with Crippen molar-refractivity contribution < 1.29 is 9.90 Å². The minimum Gasteiger partial charge on any atom is -0.481 e. The van der Waals surface area contributed by atoms with E-state index in [4.69, 9.17) is 5.11 Å². The lowest BCUT2D eigenvalue weighted by molar-refractivity contribution is -0.139. The van der Waals surface area contributed by atoms with Crippen LogP contribution in [-0.2, 0) is 4.79 Å². The molecule has 0 spiro atoms. The lowest BCUT2D eigenvalue weighted by Crippen LogP contribution is -2.17. The van der Waals surface area contributed by atoms with Gasteiger partial charge >= 0.3 is 5.97 Å². The smallest absolute Gasteiger partial charge is 0.306 e. The summed E-state index contributed by atoms with van der Waals surface area (Å²) in [4.78, 5) is 10.7. The van der Waals surface area contributed by atoms with Crippen molar-refractivity contribution >= 4 is 5.97 Å². The molecule has 0 aromatic rings. The van der Waals surface area contributed by atoms with E-state index in [9.17, 15) is 4.79 Å². The highest BCUT2D eigenvalue weighted by atomic mass is 16.4. The molecule has 2 atom stereocenters. The molecule has 0 heterocycles. The topological polar surface area (TPSA) is 37.3 Å². The van der Waals surface area contributed by atoms with Crippen molar-refractivity contribution in [3.05, 3.63) is 0 Å². The maximum Gasteiger partial charge on any atom is 0.306 e. The first-order valence-electron chi connectivity index (χ1n) is 5.95. The maximum absolute atomic E-state index is 10.7. The molecule has 2 fully saturated rings. The van der Waals surface area contributed by atoms with Gasteiger partial charge in [-0.25, -0.2) is 0 Å². The van der Waals surface area contributed by atoms with Crippen molar-refractivity contribution in [2.24, 2.45) is 23.7 Å². The van der Waals surface area contributed by atoms with Crippen molar-refractivity contribution in [2.45, 2.75) is 45.4 Å². The highest BCUT2D eigenvalue weighted by Crippen LogP contribution is 2.50. The van der Waals surface area contributed by atoms with Crippen LogP contribution < -0.4 is 0 Å². The third-order valence-electron chi connectivity index (χ3n) is 4.23. The predicted octanol–water partition coefficient (Wildman–Crippen LogP) is 2.92. The molecule has 80 valence electrons. The van der Waals surface area contributed by atoms with Gasteiger partial charge < -0.3 is 5.11 Å². The van der Waals surface area contributed by atoms with E-state index in [1.54, 1.807) is 0 Å². The Kier molecular flexibility index (Phi) is 2.80. The Morgan fingerprint density at radius 1 is 1.29 bits per heavy atom. The first kappa shape index (κ1) is 10.0. The summed E-state index contributed by atoms with van der Waals surface area (Å²) in [7, 11) is 0. The van der Waals surface area contributed by atoms with Gasteiger partial charge in [0.25, 0.3) is 0 Å². The number of carbonyl (C=O) groups is 1. The molecule has 2 nitrogen and oxygen atoms in total. The van der Waals surface area contributed by atoms with Gasteiger partial charge in [-0.15, -0.1) is 0 Å². The summed E-state index contributed by atoms with van der Waals surface area (Å²) in [6.07, 6.45) is 7.50. The van der Waals surface area contributed by atoms with Crippen molar-refractivity contribution in [1.29, 1.82) is 0 Å². The Bertz CT molecular complexity index is 216. The zero-order chi connectivity index (χ0) is 10.1. The monoisotopic (exact) mass is 196 g/mol. The normalized spacial score (nSPS) is 42.1. The molecule has 2 aliphatic carbocycles. The minimum absolute atomic E-state index is 0.0122. The lowest BCUT2D eigenvalue weighted by atomic mass is 9.78. The Labute approximate surface area is 85.7 Å². The Hall–Kier alpha value is -0.530. The maximum atomic E-state index is 10.7. The molecular weight excluding hydrogens is 176 g/mol. The summed E-state index contributed by atoms with van der Waals surface area (Å²) >= 11 is 0. The van der Waals surface area contributed by atoms with E-state index in [1.165, 1.54) is 32.1 Å². The molecule has 2 rings (SSSR count). The van der Waals surface area contributed by atoms with Crippen LogP contribution in [0.2, 0.25) is 0 Å². The minimum atomic E-state index is -0.562. The molecule has 0 amide bonds. The summed E-state index contributed by atoms with van der Waals surface area (Å²) in [6, 6.07) is 0. The van der Waals surface area contributed by atoms with Gasteiger partial charge in [-0.3, -0.25) is 4.79 Å². The number of carboxylic acid groups (broad SMARTS) is 1. The molecule has 0 bridgehead atoms. The van der Waals surface area contributed by atoms with Crippen LogP contribution in [0.1, 0.15) is 45.4 Å². The van der Waals surface area contributed by atoms with E-state index in [-0.39, 0.29) is 5.92 Å². The molecule has 1 N–H and O–H groups in total. The lowest BCUT2D eigenvalue weighted by Gasteiger charge is -2.27. The standard InChI is InChI=1S/C12H20O2/c1-2-8-3-5-9(6-4-8)10-7-11(10)12(13)14/h8-11H,2-7H2,1H3,(H,13,14)/t8?,9?,10-,11+/m0/s1. The number of hydrogen-bond acceptors (Lipinski definition) is 1. The quantitative estimate of drug-likeness (QED) is 0.753.